The summed E-state index contributed by atoms with van der Waals surface area (Å²) in [4.78, 5) is 8.86. The minimum absolute atomic E-state index is 0.612. The molecule has 0 fully saturated rings. The molecule has 1 heterocycles. The van der Waals surface area contributed by atoms with Gasteiger partial charge >= 0.3 is 0 Å². The standard InChI is InChI=1S/C12H16N4/c13-8-3-1-2-7-11-15-10-6-4-5-9(10)12(14)16-11/h1-7H2,(H2,14,15,16). The van der Waals surface area contributed by atoms with Crippen molar-refractivity contribution in [1.29, 1.82) is 5.26 Å². The number of nitrogens with zero attached hydrogens (tertiary/aromatic N) is 3. The first-order valence-electron chi connectivity index (χ1n) is 5.82. The number of rotatable bonds is 4. The highest BCUT2D eigenvalue weighted by Gasteiger charge is 2.17. The van der Waals surface area contributed by atoms with Gasteiger partial charge in [0.2, 0.25) is 0 Å². The Morgan fingerprint density at radius 1 is 1.25 bits per heavy atom. The molecule has 0 radical (unpaired) electrons. The van der Waals surface area contributed by atoms with E-state index in [1.165, 1.54) is 0 Å². The molecule has 0 atom stereocenters. The van der Waals surface area contributed by atoms with Crippen LogP contribution in [0.3, 0.4) is 0 Å². The molecule has 4 heteroatoms. The molecule has 2 N–H and O–H groups in total. The maximum absolute atomic E-state index is 8.43. The van der Waals surface area contributed by atoms with Crippen molar-refractivity contribution in [3.05, 3.63) is 17.1 Å². The summed E-state index contributed by atoms with van der Waals surface area (Å²) < 4.78 is 0. The lowest BCUT2D eigenvalue weighted by Gasteiger charge is -2.05. The molecular weight excluding hydrogens is 200 g/mol. The van der Waals surface area contributed by atoms with Crippen molar-refractivity contribution >= 4 is 5.82 Å². The molecule has 0 aliphatic heterocycles. The second kappa shape index (κ2) is 4.93. The van der Waals surface area contributed by atoms with Crippen molar-refractivity contribution < 1.29 is 0 Å². The van der Waals surface area contributed by atoms with E-state index in [4.69, 9.17) is 11.0 Å². The summed E-state index contributed by atoms with van der Waals surface area (Å²) in [7, 11) is 0. The number of fused-ring (bicyclic) bond motifs is 1. The van der Waals surface area contributed by atoms with E-state index in [0.717, 1.165) is 55.6 Å². The van der Waals surface area contributed by atoms with Crippen LogP contribution in [0.5, 0.6) is 0 Å². The Hall–Kier alpha value is -1.63. The first-order chi connectivity index (χ1) is 7.81. The van der Waals surface area contributed by atoms with Crippen LogP contribution >= 0.6 is 0 Å². The summed E-state index contributed by atoms with van der Waals surface area (Å²) in [6.07, 6.45) is 6.53. The molecule has 0 saturated heterocycles. The van der Waals surface area contributed by atoms with Crippen LogP contribution in [0.2, 0.25) is 0 Å². The zero-order valence-electron chi connectivity index (χ0n) is 9.37. The Morgan fingerprint density at radius 2 is 2.12 bits per heavy atom. The number of nitriles is 1. The van der Waals surface area contributed by atoms with Crippen molar-refractivity contribution in [2.75, 3.05) is 5.73 Å². The minimum atomic E-state index is 0.612. The maximum atomic E-state index is 8.43. The van der Waals surface area contributed by atoms with Crippen molar-refractivity contribution in [1.82, 2.24) is 9.97 Å². The molecule has 0 amide bonds. The summed E-state index contributed by atoms with van der Waals surface area (Å²) in [5.41, 5.74) is 8.19. The van der Waals surface area contributed by atoms with Crippen molar-refractivity contribution in [3.8, 4) is 6.07 Å². The molecule has 0 saturated carbocycles. The molecule has 0 spiro atoms. The van der Waals surface area contributed by atoms with Gasteiger partial charge in [0, 0.05) is 24.1 Å². The van der Waals surface area contributed by atoms with Gasteiger partial charge in [-0.2, -0.15) is 5.26 Å². The molecule has 1 aromatic rings. The number of aryl methyl sites for hydroxylation is 2. The largest absolute Gasteiger partial charge is 0.383 e. The second-order valence-electron chi connectivity index (χ2n) is 4.17. The number of unbranched alkanes of at least 4 members (excludes halogenated alkanes) is 2. The predicted octanol–water partition coefficient (Wildman–Crippen LogP) is 1.78. The summed E-state index contributed by atoms with van der Waals surface area (Å²) in [6.45, 7) is 0. The number of aromatic nitrogens is 2. The summed E-state index contributed by atoms with van der Waals surface area (Å²) in [5.74, 6) is 1.51. The molecular formula is C12H16N4. The Bertz CT molecular complexity index is 420. The molecule has 0 unspecified atom stereocenters. The van der Waals surface area contributed by atoms with Crippen LogP contribution in [-0.4, -0.2) is 9.97 Å². The Kier molecular flexibility index (Phi) is 3.35. The molecule has 84 valence electrons. The van der Waals surface area contributed by atoms with Crippen LogP contribution in [0.4, 0.5) is 5.82 Å². The van der Waals surface area contributed by atoms with Gasteiger partial charge in [-0.05, 0) is 32.1 Å². The smallest absolute Gasteiger partial charge is 0.131 e. The van der Waals surface area contributed by atoms with Crippen molar-refractivity contribution in [2.45, 2.75) is 44.9 Å². The summed E-state index contributed by atoms with van der Waals surface area (Å²) in [5, 5.41) is 8.43. The lowest BCUT2D eigenvalue weighted by Crippen LogP contribution is -2.05. The molecule has 1 aromatic heterocycles. The molecule has 0 bridgehead atoms. The van der Waals surface area contributed by atoms with Crippen molar-refractivity contribution in [2.24, 2.45) is 0 Å². The first-order valence-corrected chi connectivity index (χ1v) is 5.82. The van der Waals surface area contributed by atoms with E-state index in [9.17, 15) is 0 Å². The Balaban J connectivity index is 2.01. The maximum Gasteiger partial charge on any atom is 0.131 e. The highest BCUT2D eigenvalue weighted by atomic mass is 15.0. The van der Waals surface area contributed by atoms with E-state index in [1.54, 1.807) is 0 Å². The minimum Gasteiger partial charge on any atom is -0.383 e. The third kappa shape index (κ3) is 2.30. The van der Waals surface area contributed by atoms with Gasteiger partial charge < -0.3 is 5.73 Å². The zero-order chi connectivity index (χ0) is 11.4. The molecule has 2 rings (SSSR count). The van der Waals surface area contributed by atoms with Gasteiger partial charge in [0.15, 0.2) is 0 Å². The lowest BCUT2D eigenvalue weighted by molar-refractivity contribution is 0.717. The normalized spacial score (nSPS) is 13.4. The molecule has 1 aliphatic rings. The fourth-order valence-electron chi connectivity index (χ4n) is 2.11. The van der Waals surface area contributed by atoms with Crippen LogP contribution in [0.15, 0.2) is 0 Å². The van der Waals surface area contributed by atoms with Crippen LogP contribution in [0.25, 0.3) is 0 Å². The summed E-state index contributed by atoms with van der Waals surface area (Å²) in [6, 6.07) is 2.14. The van der Waals surface area contributed by atoms with E-state index < -0.39 is 0 Å². The molecule has 16 heavy (non-hydrogen) atoms. The first kappa shape index (κ1) is 10.9. The topological polar surface area (TPSA) is 75.6 Å². The number of nitrogen functional groups attached to an aromatic ring is 1. The highest BCUT2D eigenvalue weighted by Crippen LogP contribution is 2.24. The third-order valence-corrected chi connectivity index (χ3v) is 2.95. The van der Waals surface area contributed by atoms with E-state index in [-0.39, 0.29) is 0 Å². The zero-order valence-corrected chi connectivity index (χ0v) is 9.37. The fourth-order valence-corrected chi connectivity index (χ4v) is 2.11. The van der Waals surface area contributed by atoms with Crippen LogP contribution in [0, 0.1) is 11.3 Å². The molecule has 4 nitrogen and oxygen atoms in total. The highest BCUT2D eigenvalue weighted by molar-refractivity contribution is 5.44. The SMILES string of the molecule is N#CCCCCc1nc(N)c2c(n1)CCC2. The number of anilines is 1. The van der Waals surface area contributed by atoms with E-state index in [0.29, 0.717) is 12.2 Å². The second-order valence-corrected chi connectivity index (χ2v) is 4.17. The average molecular weight is 216 g/mol. The predicted molar refractivity (Wildman–Crippen MR) is 61.6 cm³/mol. The summed E-state index contributed by atoms with van der Waals surface area (Å²) >= 11 is 0. The number of hydrogen-bond acceptors (Lipinski definition) is 4. The van der Waals surface area contributed by atoms with Crippen LogP contribution < -0.4 is 5.73 Å². The fraction of sp³-hybridized carbons (Fsp3) is 0.583. The van der Waals surface area contributed by atoms with Gasteiger partial charge in [0.05, 0.1) is 6.07 Å². The monoisotopic (exact) mass is 216 g/mol. The lowest BCUT2D eigenvalue weighted by atomic mass is 10.2. The number of hydrogen-bond donors (Lipinski definition) is 1. The van der Waals surface area contributed by atoms with Gasteiger partial charge in [-0.3, -0.25) is 0 Å². The third-order valence-electron chi connectivity index (χ3n) is 2.95. The quantitative estimate of drug-likeness (QED) is 0.778. The average Bonchev–Trinajstić information content (AvgIpc) is 2.73. The van der Waals surface area contributed by atoms with Crippen LogP contribution in [-0.2, 0) is 19.3 Å². The Labute approximate surface area is 95.5 Å². The van der Waals surface area contributed by atoms with Gasteiger partial charge in [-0.15, -0.1) is 0 Å². The molecule has 1 aliphatic carbocycles. The Morgan fingerprint density at radius 3 is 2.94 bits per heavy atom. The van der Waals surface area contributed by atoms with E-state index >= 15 is 0 Å². The van der Waals surface area contributed by atoms with Gasteiger partial charge in [-0.1, -0.05) is 0 Å². The van der Waals surface area contributed by atoms with Gasteiger partial charge in [0.1, 0.15) is 11.6 Å². The van der Waals surface area contributed by atoms with Crippen molar-refractivity contribution in [3.63, 3.8) is 0 Å². The number of nitrogens with two attached hydrogens (primary N) is 1. The van der Waals surface area contributed by atoms with Crippen LogP contribution in [0.1, 0.15) is 42.8 Å². The van der Waals surface area contributed by atoms with Gasteiger partial charge in [-0.25, -0.2) is 9.97 Å². The molecule has 0 aromatic carbocycles. The van der Waals surface area contributed by atoms with Gasteiger partial charge in [0.25, 0.3) is 0 Å². The van der Waals surface area contributed by atoms with E-state index in [2.05, 4.69) is 16.0 Å². The van der Waals surface area contributed by atoms with E-state index in [1.807, 2.05) is 0 Å².